The van der Waals surface area contributed by atoms with Crippen LogP contribution in [0.4, 0.5) is 5.69 Å². The van der Waals surface area contributed by atoms with E-state index in [1.807, 2.05) is 5.01 Å². The van der Waals surface area contributed by atoms with Gasteiger partial charge in [-0.2, -0.15) is 5.10 Å². The molecule has 2 aromatic rings. The van der Waals surface area contributed by atoms with Crippen LogP contribution >= 0.6 is 0 Å². The first-order chi connectivity index (χ1) is 29.8. The summed E-state index contributed by atoms with van der Waals surface area (Å²) in [6.45, 7) is 15.4. The van der Waals surface area contributed by atoms with Gasteiger partial charge in [-0.05, 0) is 32.8 Å². The van der Waals surface area contributed by atoms with Gasteiger partial charge in [0.2, 0.25) is 0 Å². The van der Waals surface area contributed by atoms with E-state index < -0.39 is 88.8 Å². The second-order valence-electron chi connectivity index (χ2n) is 17.8. The SMILES string of the molecule is CO[C@H]1/C=C/O[C@@]2(C)Oc3c(C)c(O)c4c(O)c(c(/C=N\N5CCN(C6CCCC6)CC5)c(O)c4c3C2=O)NC(=O)C(C)=C/C=C/[C@H](C)[C@H](O)[C@@H](C)[C@@H](O)[C@@H](C)[C@H](OC(C)=O)[C@@H]1C. The van der Waals surface area contributed by atoms with Crippen LogP contribution in [0.25, 0.3) is 10.8 Å². The van der Waals surface area contributed by atoms with E-state index in [4.69, 9.17) is 18.9 Å². The van der Waals surface area contributed by atoms with Crippen molar-refractivity contribution in [2.75, 3.05) is 38.6 Å². The number of methoxy groups -OCH3 is 1. The van der Waals surface area contributed by atoms with Crippen LogP contribution in [0.3, 0.4) is 0 Å². The molecule has 6 N–H and O–H groups in total. The number of hydrogen-bond acceptors (Lipinski definition) is 15. The van der Waals surface area contributed by atoms with Gasteiger partial charge in [-0.15, -0.1) is 0 Å². The van der Waals surface area contributed by atoms with E-state index in [2.05, 4.69) is 15.3 Å². The Morgan fingerprint density at radius 2 is 1.59 bits per heavy atom. The third-order valence-corrected chi connectivity index (χ3v) is 13.5. The molecule has 1 aliphatic carbocycles. The Bertz CT molecular complexity index is 2190. The van der Waals surface area contributed by atoms with Crippen LogP contribution < -0.4 is 10.1 Å². The number of ether oxygens (including phenoxy) is 4. The van der Waals surface area contributed by atoms with Gasteiger partial charge in [-0.1, -0.05) is 58.8 Å². The Hall–Kier alpha value is -5.16. The lowest BCUT2D eigenvalue weighted by Crippen LogP contribution is -2.47. The van der Waals surface area contributed by atoms with Crippen molar-refractivity contribution in [2.45, 2.75) is 117 Å². The van der Waals surface area contributed by atoms with E-state index >= 15 is 0 Å². The highest BCUT2D eigenvalue weighted by molar-refractivity contribution is 6.23. The van der Waals surface area contributed by atoms with Crippen LogP contribution in [0, 0.1) is 30.6 Å². The minimum Gasteiger partial charge on any atom is -0.507 e. The van der Waals surface area contributed by atoms with Gasteiger partial charge in [0.1, 0.15) is 23.4 Å². The highest BCUT2D eigenvalue weighted by Crippen LogP contribution is 2.55. The molecule has 4 heterocycles. The molecule has 16 heteroatoms. The third kappa shape index (κ3) is 9.40. The number of benzene rings is 2. The summed E-state index contributed by atoms with van der Waals surface area (Å²) in [5.74, 6) is -8.28. The highest BCUT2D eigenvalue weighted by Gasteiger charge is 2.50. The molecule has 0 unspecified atom stereocenters. The number of carbonyl (C=O) groups is 3. The lowest BCUT2D eigenvalue weighted by atomic mass is 9.78. The topological polar surface area (TPSA) is 220 Å². The summed E-state index contributed by atoms with van der Waals surface area (Å²) in [6, 6.07) is 0.553. The molecule has 1 amide bonds. The van der Waals surface area contributed by atoms with E-state index in [1.54, 1.807) is 39.8 Å². The second-order valence-corrected chi connectivity index (χ2v) is 17.8. The molecular formula is C47H64N4O12. The monoisotopic (exact) mass is 876 g/mol. The van der Waals surface area contributed by atoms with Crippen molar-refractivity contribution >= 4 is 40.3 Å². The number of phenolic OH excluding ortho intramolecular Hbond substituents is 3. The van der Waals surface area contributed by atoms with Gasteiger partial charge in [0, 0.05) is 93.4 Å². The van der Waals surface area contributed by atoms with Crippen molar-refractivity contribution in [1.82, 2.24) is 9.91 Å². The predicted molar refractivity (Wildman–Crippen MR) is 237 cm³/mol. The van der Waals surface area contributed by atoms with Crippen molar-refractivity contribution in [3.05, 3.63) is 52.8 Å². The van der Waals surface area contributed by atoms with Gasteiger partial charge in [-0.25, -0.2) is 0 Å². The number of carbonyl (C=O) groups excluding carboxylic acids is 3. The molecule has 16 nitrogen and oxygen atoms in total. The van der Waals surface area contributed by atoms with E-state index in [0.29, 0.717) is 19.1 Å². The molecule has 4 aliphatic heterocycles. The van der Waals surface area contributed by atoms with Crippen molar-refractivity contribution in [1.29, 1.82) is 0 Å². The molecule has 2 aromatic carbocycles. The number of aliphatic hydroxyl groups is 2. The second kappa shape index (κ2) is 19.3. The summed E-state index contributed by atoms with van der Waals surface area (Å²) >= 11 is 0. The number of amides is 1. The number of hydrazone groups is 1. The fraction of sp³-hybridized carbons (Fsp3) is 0.574. The molecule has 2 fully saturated rings. The molecule has 0 aromatic heterocycles. The summed E-state index contributed by atoms with van der Waals surface area (Å²) in [6.07, 6.45) is 9.75. The average molecular weight is 877 g/mol. The number of phenols is 3. The van der Waals surface area contributed by atoms with E-state index in [1.165, 1.54) is 85.1 Å². The molecule has 0 spiro atoms. The number of anilines is 1. The smallest absolute Gasteiger partial charge is 0.312 e. The number of aromatic hydroxyl groups is 3. The number of esters is 1. The first-order valence-corrected chi connectivity index (χ1v) is 21.9. The molecule has 9 atom stereocenters. The number of piperazine rings is 1. The fourth-order valence-corrected chi connectivity index (χ4v) is 9.47. The number of aliphatic hydroxyl groups excluding tert-OH is 2. The predicted octanol–water partition coefficient (Wildman–Crippen LogP) is 5.65. The Morgan fingerprint density at radius 1 is 0.921 bits per heavy atom. The quantitative estimate of drug-likeness (QED) is 0.0926. The zero-order valence-corrected chi connectivity index (χ0v) is 37.8. The fourth-order valence-electron chi connectivity index (χ4n) is 9.47. The maximum Gasteiger partial charge on any atom is 0.312 e. The molecule has 1 saturated heterocycles. The van der Waals surface area contributed by atoms with E-state index in [0.717, 1.165) is 13.1 Å². The van der Waals surface area contributed by atoms with Crippen LogP contribution in [0.2, 0.25) is 0 Å². The number of hydrogen-bond donors (Lipinski definition) is 6. The summed E-state index contributed by atoms with van der Waals surface area (Å²) in [7, 11) is 1.44. The Balaban J connectivity index is 1.47. The first kappa shape index (κ1) is 47.3. The molecule has 1 saturated carbocycles. The maximum absolute atomic E-state index is 14.5. The lowest BCUT2D eigenvalue weighted by molar-refractivity contribution is -0.160. The summed E-state index contributed by atoms with van der Waals surface area (Å²) < 4.78 is 23.7. The van der Waals surface area contributed by atoms with Gasteiger partial charge >= 0.3 is 11.8 Å². The van der Waals surface area contributed by atoms with Crippen LogP contribution in [-0.2, 0) is 23.8 Å². The van der Waals surface area contributed by atoms with Crippen LogP contribution in [-0.4, -0.2) is 129 Å². The minimum absolute atomic E-state index is 0.0631. The Morgan fingerprint density at radius 3 is 2.22 bits per heavy atom. The minimum atomic E-state index is -2.04. The molecule has 344 valence electrons. The molecular weight excluding hydrogens is 813 g/mol. The molecule has 7 rings (SSSR count). The number of nitrogens with one attached hydrogen (secondary N) is 1. The first-order valence-electron chi connectivity index (χ1n) is 21.9. The van der Waals surface area contributed by atoms with Crippen LogP contribution in [0.1, 0.15) is 95.6 Å². The van der Waals surface area contributed by atoms with Gasteiger partial charge in [0.05, 0.1) is 53.0 Å². The number of fused-ring (bicyclic) bond motifs is 14. The highest BCUT2D eigenvalue weighted by atomic mass is 16.7. The number of ketones is 1. The summed E-state index contributed by atoms with van der Waals surface area (Å²) in [4.78, 5) is 43.2. The lowest BCUT2D eigenvalue weighted by Gasteiger charge is -2.38. The number of Topliss-reactive ketones (excluding diaryl/α,β-unsaturated/α-hetero) is 1. The van der Waals surface area contributed by atoms with Gasteiger partial charge < -0.3 is 49.8 Å². The van der Waals surface area contributed by atoms with Crippen LogP contribution in [0.5, 0.6) is 23.0 Å². The van der Waals surface area contributed by atoms with E-state index in [-0.39, 0.29) is 44.5 Å². The van der Waals surface area contributed by atoms with Crippen molar-refractivity contribution < 1.29 is 58.9 Å². The molecule has 5 aliphatic rings. The maximum atomic E-state index is 14.5. The van der Waals surface area contributed by atoms with Crippen LogP contribution in [0.15, 0.2) is 41.2 Å². The third-order valence-electron chi connectivity index (χ3n) is 13.5. The average Bonchev–Trinajstić information content (AvgIpc) is 3.89. The van der Waals surface area contributed by atoms with E-state index in [9.17, 15) is 39.9 Å². The Kier molecular flexibility index (Phi) is 14.5. The number of allylic oxidation sites excluding steroid dienone is 2. The number of nitrogens with zero attached hydrogens (tertiary/aromatic N) is 3. The van der Waals surface area contributed by atoms with Gasteiger partial charge in [-0.3, -0.25) is 24.3 Å². The largest absolute Gasteiger partial charge is 0.507 e. The zero-order chi connectivity index (χ0) is 46.1. The van der Waals surface area contributed by atoms with Gasteiger partial charge in [0.25, 0.3) is 11.7 Å². The normalized spacial score (nSPS) is 31.5. The number of rotatable bonds is 5. The molecule has 63 heavy (non-hydrogen) atoms. The summed E-state index contributed by atoms with van der Waals surface area (Å²) in [5, 5.41) is 67.6. The Labute approximate surface area is 368 Å². The zero-order valence-electron chi connectivity index (χ0n) is 37.8. The standard InChI is InChI=1S/C47H64N4O12/c1-24-13-12-14-25(2)46(59)49-37-32(23-48-51-20-18-50(19-21-51)31-15-10-11-16-31)41(56)34-35(42(37)57)40(55)29(6)44-36(34)45(58)47(8,63-44)61-22-17-33(60-9)26(3)43(62-30(7)52)28(5)39(54)27(4)38(24)53/h12-14,17,22-24,26-28,31,33,38-39,43,53-57H,10-11,15-16,18-21H2,1-9H3,(H,49,59)/b13-12+,22-17+,25-14?,48-23-/t24-,26+,27+,28+,33-,38-,39+,43+,47-/m0/s1. The van der Waals surface area contributed by atoms with Crippen molar-refractivity contribution in [2.24, 2.45) is 28.8 Å². The van der Waals surface area contributed by atoms with Crippen molar-refractivity contribution in [3.8, 4) is 23.0 Å². The summed E-state index contributed by atoms with van der Waals surface area (Å²) in [5.41, 5.74) is -0.293. The van der Waals surface area contributed by atoms with Gasteiger partial charge in [0.15, 0.2) is 5.75 Å². The molecule has 0 radical (unpaired) electrons. The molecule has 5 bridgehead atoms. The van der Waals surface area contributed by atoms with Crippen molar-refractivity contribution in [3.63, 3.8) is 0 Å².